The van der Waals surface area contributed by atoms with Gasteiger partial charge in [-0.2, -0.15) is 0 Å². The number of nitrogens with two attached hydrogens (primary N) is 8. The van der Waals surface area contributed by atoms with Gasteiger partial charge in [-0.1, -0.05) is 24.3 Å². The Morgan fingerprint density at radius 2 is 0.887 bits per heavy atom. The van der Waals surface area contributed by atoms with Crippen molar-refractivity contribution in [2.45, 2.75) is 81.6 Å². The monoisotopic (exact) mass is 868 g/mol. The van der Waals surface area contributed by atoms with E-state index in [0.29, 0.717) is 17.5 Å². The van der Waals surface area contributed by atoms with Crippen molar-refractivity contribution in [3.63, 3.8) is 0 Å². The number of hydrogen-bond acceptors (Lipinski definition) is 12. The number of carbonyl (C=O) groups excluding carboxylic acids is 6. The van der Waals surface area contributed by atoms with Crippen molar-refractivity contribution in [3.8, 4) is 11.5 Å². The summed E-state index contributed by atoms with van der Waals surface area (Å²) >= 11 is 0. The molecule has 23 N–H and O–H groups in total. The van der Waals surface area contributed by atoms with E-state index in [2.05, 4.69) is 41.6 Å². The maximum Gasteiger partial charge on any atom is 0.243 e. The SMILES string of the molecule is NC(=O)[C@H](Cc1ccc(O)cc1)NC(=O)[C@H](CCCN=C(N)N)NC(=O)CNC(=O)[C@H](CCCN=C(N)N)NC(=O)[C@H](Cc1ccc(O)cc1)NC(=O)[C@@H](N)CCCN=C(N)N. The van der Waals surface area contributed by atoms with Crippen molar-refractivity contribution in [1.29, 1.82) is 0 Å². The number of benzene rings is 2. The van der Waals surface area contributed by atoms with E-state index in [-0.39, 0.29) is 94.0 Å². The van der Waals surface area contributed by atoms with Crippen LogP contribution in [0.1, 0.15) is 49.7 Å². The van der Waals surface area contributed by atoms with Crippen LogP contribution >= 0.6 is 0 Å². The summed E-state index contributed by atoms with van der Waals surface area (Å²) in [7, 11) is 0. The maximum absolute atomic E-state index is 13.9. The van der Waals surface area contributed by atoms with Gasteiger partial charge in [0.25, 0.3) is 0 Å². The molecule has 0 unspecified atom stereocenters. The largest absolute Gasteiger partial charge is 0.508 e. The van der Waals surface area contributed by atoms with Crippen molar-refractivity contribution in [1.82, 2.24) is 26.6 Å². The summed E-state index contributed by atoms with van der Waals surface area (Å²) < 4.78 is 0. The van der Waals surface area contributed by atoms with Crippen molar-refractivity contribution in [3.05, 3.63) is 59.7 Å². The summed E-state index contributed by atoms with van der Waals surface area (Å²) in [6.07, 6.45) is 0.855. The fraction of sp³-hybridized carbons (Fsp3) is 0.447. The van der Waals surface area contributed by atoms with Crippen molar-refractivity contribution >= 4 is 53.3 Å². The molecule has 0 aliphatic carbocycles. The Balaban J connectivity index is 2.25. The Morgan fingerprint density at radius 3 is 1.34 bits per heavy atom. The van der Waals surface area contributed by atoms with E-state index >= 15 is 0 Å². The summed E-state index contributed by atoms with van der Waals surface area (Å²) in [6.45, 7) is -0.251. The van der Waals surface area contributed by atoms with E-state index in [4.69, 9.17) is 45.9 Å². The first-order chi connectivity index (χ1) is 29.3. The number of amides is 6. The molecule has 0 heterocycles. The molecule has 2 aromatic rings. The number of primary amides is 1. The number of carbonyl (C=O) groups is 6. The lowest BCUT2D eigenvalue weighted by Gasteiger charge is -2.25. The number of nitrogens with zero attached hydrogens (tertiary/aromatic N) is 3. The van der Waals surface area contributed by atoms with Crippen molar-refractivity contribution in [2.24, 2.45) is 60.8 Å². The molecule has 6 amide bonds. The third-order valence-corrected chi connectivity index (χ3v) is 8.95. The highest BCUT2D eigenvalue weighted by atomic mass is 16.3. The molecule has 24 nitrogen and oxygen atoms in total. The van der Waals surface area contributed by atoms with Gasteiger partial charge in [0.15, 0.2) is 17.9 Å². The Bertz CT molecular complexity index is 1880. The third kappa shape index (κ3) is 20.5. The Kier molecular flexibility index (Phi) is 21.8. The Labute approximate surface area is 358 Å². The first kappa shape index (κ1) is 50.8. The van der Waals surface area contributed by atoms with E-state index in [1.807, 2.05) is 0 Å². The van der Waals surface area contributed by atoms with Crippen molar-refractivity contribution in [2.75, 3.05) is 26.2 Å². The zero-order valence-electron chi connectivity index (χ0n) is 34.3. The molecular formula is C38H60N16O8. The van der Waals surface area contributed by atoms with Crippen LogP contribution in [0.5, 0.6) is 11.5 Å². The molecule has 2 rings (SSSR count). The minimum Gasteiger partial charge on any atom is -0.508 e. The van der Waals surface area contributed by atoms with Crippen LogP contribution in [-0.2, 0) is 41.6 Å². The highest BCUT2D eigenvalue weighted by Gasteiger charge is 2.30. The first-order valence-corrected chi connectivity index (χ1v) is 19.6. The molecule has 0 aromatic heterocycles. The molecule has 0 fully saturated rings. The molecule has 0 bridgehead atoms. The van der Waals surface area contributed by atoms with E-state index in [9.17, 15) is 39.0 Å². The number of aromatic hydroxyl groups is 2. The second-order valence-electron chi connectivity index (χ2n) is 14.1. The number of aliphatic imine (C=N–C) groups is 3. The van der Waals surface area contributed by atoms with Crippen LogP contribution < -0.4 is 72.5 Å². The molecular weight excluding hydrogens is 809 g/mol. The average molecular weight is 869 g/mol. The molecule has 0 aliphatic heterocycles. The zero-order chi connectivity index (χ0) is 46.2. The van der Waals surface area contributed by atoms with Gasteiger partial charge in [-0.15, -0.1) is 0 Å². The van der Waals surface area contributed by atoms with Gasteiger partial charge >= 0.3 is 0 Å². The van der Waals surface area contributed by atoms with Gasteiger partial charge in [0.2, 0.25) is 35.4 Å². The van der Waals surface area contributed by atoms with E-state index in [1.54, 1.807) is 24.3 Å². The second kappa shape index (κ2) is 26.7. The first-order valence-electron chi connectivity index (χ1n) is 19.6. The van der Waals surface area contributed by atoms with E-state index in [1.165, 1.54) is 24.3 Å². The van der Waals surface area contributed by atoms with E-state index < -0.39 is 72.2 Å². The highest BCUT2D eigenvalue weighted by Crippen LogP contribution is 2.14. The lowest BCUT2D eigenvalue weighted by molar-refractivity contribution is -0.133. The van der Waals surface area contributed by atoms with E-state index in [0.717, 1.165) is 0 Å². The predicted molar refractivity (Wildman–Crippen MR) is 231 cm³/mol. The molecule has 0 spiro atoms. The summed E-state index contributed by atoms with van der Waals surface area (Å²) in [5.74, 6) is -5.22. The van der Waals surface area contributed by atoms with Gasteiger partial charge in [0, 0.05) is 32.5 Å². The normalized spacial score (nSPS) is 13.0. The topological polar surface area (TPSA) is 448 Å². The van der Waals surface area contributed by atoms with Crippen LogP contribution in [0, 0.1) is 0 Å². The summed E-state index contributed by atoms with van der Waals surface area (Å²) in [4.78, 5) is 91.3. The molecule has 0 radical (unpaired) electrons. The predicted octanol–water partition coefficient (Wildman–Crippen LogP) is -5.09. The van der Waals surface area contributed by atoms with Crippen LogP contribution in [0.4, 0.5) is 0 Å². The van der Waals surface area contributed by atoms with Gasteiger partial charge < -0.3 is 82.7 Å². The fourth-order valence-corrected chi connectivity index (χ4v) is 5.72. The van der Waals surface area contributed by atoms with Crippen LogP contribution in [0.2, 0.25) is 0 Å². The number of hydrogen-bond donors (Lipinski definition) is 15. The second-order valence-corrected chi connectivity index (χ2v) is 14.1. The van der Waals surface area contributed by atoms with Gasteiger partial charge in [0.1, 0.15) is 35.7 Å². The van der Waals surface area contributed by atoms with Gasteiger partial charge in [-0.05, 0) is 73.9 Å². The standard InChI is InChI=1S/C38H60N16O8/c39-25(4-1-15-47-36(41)42)32(59)54-29(19-22-9-13-24(56)14-10-22)35(62)52-26(5-2-16-48-37(43)44)33(60)50-20-30(57)51-27(6-3-17-49-38(45)46)34(61)53-28(31(40)58)18-21-7-11-23(55)12-8-21/h7-14,25-29,55-56H,1-6,15-20,39H2,(H2,40,58)(H,50,60)(H,51,57)(H,52,62)(H,53,61)(H,54,59)(H4,41,42,47)(H4,43,44,48)(H4,45,46,49)/t25-,26-,27-,28-,29-/m0/s1. The number of nitrogens with one attached hydrogen (secondary N) is 5. The van der Waals surface area contributed by atoms with Crippen LogP contribution in [0.3, 0.4) is 0 Å². The lowest BCUT2D eigenvalue weighted by Crippen LogP contribution is -2.57. The molecule has 2 aromatic carbocycles. The minimum atomic E-state index is -1.29. The van der Waals surface area contributed by atoms with Crippen molar-refractivity contribution < 1.29 is 39.0 Å². The lowest BCUT2D eigenvalue weighted by atomic mass is 10.0. The van der Waals surface area contributed by atoms with Crippen LogP contribution in [0.25, 0.3) is 0 Å². The number of phenolic OH excluding ortho intramolecular Hbond substituents is 2. The number of rotatable bonds is 27. The van der Waals surface area contributed by atoms with Gasteiger partial charge in [0.05, 0.1) is 12.6 Å². The molecule has 24 heteroatoms. The maximum atomic E-state index is 13.9. The smallest absolute Gasteiger partial charge is 0.243 e. The summed E-state index contributed by atoms with van der Waals surface area (Å²) in [6, 6.07) is 5.78. The molecule has 340 valence electrons. The molecule has 0 aliphatic rings. The quantitative estimate of drug-likeness (QED) is 0.0227. The minimum absolute atomic E-state index is 0.00303. The third-order valence-electron chi connectivity index (χ3n) is 8.95. The molecule has 62 heavy (non-hydrogen) atoms. The zero-order valence-corrected chi connectivity index (χ0v) is 34.3. The molecule has 0 saturated heterocycles. The molecule has 0 saturated carbocycles. The molecule has 5 atom stereocenters. The Hall–Kier alpha value is -7.37. The average Bonchev–Trinajstić information content (AvgIpc) is 3.21. The Morgan fingerprint density at radius 1 is 0.500 bits per heavy atom. The van der Waals surface area contributed by atoms with Crippen LogP contribution in [-0.4, -0.2) is 120 Å². The summed E-state index contributed by atoms with van der Waals surface area (Å²) in [5.41, 5.74) is 45.2. The fourth-order valence-electron chi connectivity index (χ4n) is 5.72. The number of phenols is 2. The van der Waals surface area contributed by atoms with Crippen LogP contribution in [0.15, 0.2) is 63.5 Å². The highest BCUT2D eigenvalue weighted by molar-refractivity contribution is 5.95. The van der Waals surface area contributed by atoms with Gasteiger partial charge in [-0.25, -0.2) is 0 Å². The number of guanidine groups is 3. The summed E-state index contributed by atoms with van der Waals surface area (Å²) in [5, 5.41) is 32.2. The van der Waals surface area contributed by atoms with Gasteiger partial charge in [-0.3, -0.25) is 43.7 Å².